The van der Waals surface area contributed by atoms with Crippen molar-refractivity contribution < 1.29 is 28.5 Å². The molecule has 1 N–H and O–H groups in total. The number of nitrogens with one attached hydrogen (secondary N) is 1. The highest BCUT2D eigenvalue weighted by molar-refractivity contribution is 6.36. The maximum Gasteiger partial charge on any atom is 0.258 e. The van der Waals surface area contributed by atoms with Crippen LogP contribution in [0.1, 0.15) is 34.6 Å². The van der Waals surface area contributed by atoms with E-state index in [0.29, 0.717) is 54.4 Å². The van der Waals surface area contributed by atoms with E-state index in [-0.39, 0.29) is 16.4 Å². The molecular formula is C24H29Cl2N3O6. The molecule has 9 nitrogen and oxygen atoms in total. The first kappa shape index (κ1) is 28.2. The second kappa shape index (κ2) is 13.7. The first-order valence-electron chi connectivity index (χ1n) is 11.2. The summed E-state index contributed by atoms with van der Waals surface area (Å²) in [6.45, 7) is 9.80. The largest absolute Gasteiger partial charge is 0.492 e. The number of anilines is 1. The summed E-state index contributed by atoms with van der Waals surface area (Å²) in [5.41, 5.74) is 0.381. The van der Waals surface area contributed by atoms with E-state index < -0.39 is 17.7 Å². The van der Waals surface area contributed by atoms with Crippen LogP contribution in [0.2, 0.25) is 10.0 Å². The van der Waals surface area contributed by atoms with Crippen molar-refractivity contribution in [2.75, 3.05) is 31.7 Å². The van der Waals surface area contributed by atoms with Gasteiger partial charge in [-0.2, -0.15) is 5.11 Å². The topological polar surface area (TPSA) is 108 Å². The van der Waals surface area contributed by atoms with Crippen LogP contribution in [0.3, 0.4) is 0 Å². The zero-order chi connectivity index (χ0) is 26.0. The predicted octanol–water partition coefficient (Wildman–Crippen LogP) is 6.27. The molecule has 2 aromatic carbocycles. The molecule has 0 saturated carbocycles. The van der Waals surface area contributed by atoms with Gasteiger partial charge in [0.05, 0.1) is 26.4 Å². The van der Waals surface area contributed by atoms with Crippen LogP contribution in [0.4, 0.5) is 11.4 Å². The molecule has 0 aromatic heterocycles. The molecule has 0 heterocycles. The monoisotopic (exact) mass is 525 g/mol. The van der Waals surface area contributed by atoms with Crippen LogP contribution in [0.15, 0.2) is 34.5 Å². The van der Waals surface area contributed by atoms with Gasteiger partial charge in [0, 0.05) is 17.2 Å². The highest BCUT2D eigenvalue weighted by Gasteiger charge is 2.27. The second-order valence-electron chi connectivity index (χ2n) is 6.95. The van der Waals surface area contributed by atoms with Crippen molar-refractivity contribution in [3.8, 4) is 23.0 Å². The number of ether oxygens (including phenoxy) is 4. The molecule has 2 aromatic rings. The number of carbonyl (C=O) groups is 2. The standard InChI is InChI=1S/C24H29Cl2N3O6/c1-6-32-16-10-11-17(33-7-2)23(20(16)26)27-24(31)21(14(5)30)28-29-22-18(34-8-3)12-15(25)13-19(22)35-9-4/h10-13,21H,6-9H2,1-5H3,(H,27,31). The molecule has 0 saturated heterocycles. The number of azo groups is 1. The molecule has 0 spiro atoms. The van der Waals surface area contributed by atoms with E-state index in [9.17, 15) is 9.59 Å². The maximum absolute atomic E-state index is 13.1. The fourth-order valence-electron chi connectivity index (χ4n) is 3.00. The van der Waals surface area contributed by atoms with Crippen LogP contribution in [0.25, 0.3) is 0 Å². The Morgan fingerprint density at radius 3 is 1.86 bits per heavy atom. The van der Waals surface area contributed by atoms with Gasteiger partial charge in [-0.15, -0.1) is 5.11 Å². The molecule has 0 fully saturated rings. The number of benzene rings is 2. The molecule has 11 heteroatoms. The van der Waals surface area contributed by atoms with Crippen molar-refractivity contribution in [3.05, 3.63) is 34.3 Å². The SMILES string of the molecule is CCOc1ccc(OCC)c(NC(=O)C(N=Nc2c(OCC)cc(Cl)cc2OCC)C(C)=O)c1Cl. The Bertz CT molecular complexity index is 1050. The number of hydrogen-bond donors (Lipinski definition) is 1. The van der Waals surface area contributed by atoms with Crippen LogP contribution < -0.4 is 24.3 Å². The number of amides is 1. The summed E-state index contributed by atoms with van der Waals surface area (Å²) in [4.78, 5) is 25.5. The third-order valence-corrected chi connectivity index (χ3v) is 5.02. The van der Waals surface area contributed by atoms with Crippen LogP contribution in [0, 0.1) is 0 Å². The molecule has 0 aliphatic heterocycles. The van der Waals surface area contributed by atoms with Gasteiger partial charge < -0.3 is 24.3 Å². The van der Waals surface area contributed by atoms with Crippen LogP contribution in [-0.2, 0) is 9.59 Å². The summed E-state index contributed by atoms with van der Waals surface area (Å²) >= 11 is 12.6. The average Bonchev–Trinajstić information content (AvgIpc) is 2.80. The first-order valence-corrected chi connectivity index (χ1v) is 11.9. The molecule has 35 heavy (non-hydrogen) atoms. The summed E-state index contributed by atoms with van der Waals surface area (Å²) in [6, 6.07) is 4.89. The van der Waals surface area contributed by atoms with E-state index in [1.165, 1.54) is 6.92 Å². The van der Waals surface area contributed by atoms with Gasteiger partial charge in [0.2, 0.25) is 6.04 Å². The lowest BCUT2D eigenvalue weighted by Crippen LogP contribution is -2.32. The van der Waals surface area contributed by atoms with Gasteiger partial charge in [0.15, 0.2) is 23.0 Å². The second-order valence-corrected chi connectivity index (χ2v) is 7.77. The fourth-order valence-corrected chi connectivity index (χ4v) is 3.46. The van der Waals surface area contributed by atoms with Crippen molar-refractivity contribution in [1.29, 1.82) is 0 Å². The predicted molar refractivity (Wildman–Crippen MR) is 135 cm³/mol. The van der Waals surface area contributed by atoms with Crippen LogP contribution in [0.5, 0.6) is 23.0 Å². The molecular weight excluding hydrogens is 497 g/mol. The zero-order valence-electron chi connectivity index (χ0n) is 20.3. The number of nitrogens with zero attached hydrogens (tertiary/aromatic N) is 2. The van der Waals surface area contributed by atoms with E-state index in [1.807, 2.05) is 0 Å². The third-order valence-electron chi connectivity index (χ3n) is 4.43. The highest BCUT2D eigenvalue weighted by atomic mass is 35.5. The van der Waals surface area contributed by atoms with Gasteiger partial charge in [-0.05, 0) is 46.8 Å². The van der Waals surface area contributed by atoms with Crippen LogP contribution >= 0.6 is 23.2 Å². The van der Waals surface area contributed by atoms with Gasteiger partial charge in [-0.25, -0.2) is 0 Å². The summed E-state index contributed by atoms with van der Waals surface area (Å²) in [6.07, 6.45) is 0. The van der Waals surface area contributed by atoms with Crippen molar-refractivity contribution in [1.82, 2.24) is 0 Å². The first-order chi connectivity index (χ1) is 16.8. The van der Waals surface area contributed by atoms with Gasteiger partial charge in [-0.1, -0.05) is 23.2 Å². The number of ketones is 1. The number of rotatable bonds is 13. The van der Waals surface area contributed by atoms with E-state index in [1.54, 1.807) is 52.0 Å². The van der Waals surface area contributed by atoms with Crippen molar-refractivity contribution in [2.45, 2.75) is 40.7 Å². The van der Waals surface area contributed by atoms with Gasteiger partial charge in [0.1, 0.15) is 22.2 Å². The zero-order valence-corrected chi connectivity index (χ0v) is 21.8. The normalized spacial score (nSPS) is 11.7. The molecule has 0 radical (unpaired) electrons. The minimum Gasteiger partial charge on any atom is -0.492 e. The lowest BCUT2D eigenvalue weighted by molar-refractivity contribution is -0.126. The summed E-state index contributed by atoms with van der Waals surface area (Å²) < 4.78 is 22.3. The van der Waals surface area contributed by atoms with Gasteiger partial charge in [-0.3, -0.25) is 9.59 Å². The molecule has 2 rings (SSSR count). The lowest BCUT2D eigenvalue weighted by Gasteiger charge is -2.17. The molecule has 0 bridgehead atoms. The van der Waals surface area contributed by atoms with E-state index in [0.717, 1.165) is 0 Å². The number of Topliss-reactive ketones (excluding diaryl/α,β-unsaturated/α-hetero) is 1. The smallest absolute Gasteiger partial charge is 0.258 e. The Labute approximate surface area is 214 Å². The fraction of sp³-hybridized carbons (Fsp3) is 0.417. The Kier molecular flexibility index (Phi) is 11.1. The summed E-state index contributed by atoms with van der Waals surface area (Å²) in [7, 11) is 0. The van der Waals surface area contributed by atoms with Crippen LogP contribution in [-0.4, -0.2) is 44.2 Å². The molecule has 1 atom stereocenters. The molecule has 190 valence electrons. The van der Waals surface area contributed by atoms with Crippen molar-refractivity contribution in [3.63, 3.8) is 0 Å². The Hall–Kier alpha value is -3.04. The van der Waals surface area contributed by atoms with Crippen molar-refractivity contribution >= 4 is 46.3 Å². The number of carbonyl (C=O) groups excluding carboxylic acids is 2. The maximum atomic E-state index is 13.1. The Balaban J connectivity index is 2.45. The van der Waals surface area contributed by atoms with Gasteiger partial charge >= 0.3 is 0 Å². The lowest BCUT2D eigenvalue weighted by atomic mass is 10.2. The minimum absolute atomic E-state index is 0.139. The van der Waals surface area contributed by atoms with Crippen molar-refractivity contribution in [2.24, 2.45) is 10.2 Å². The van der Waals surface area contributed by atoms with E-state index in [2.05, 4.69) is 15.5 Å². The molecule has 1 unspecified atom stereocenters. The quantitative estimate of drug-likeness (QED) is 0.244. The Morgan fingerprint density at radius 2 is 1.34 bits per heavy atom. The summed E-state index contributed by atoms with van der Waals surface area (Å²) in [5, 5.41) is 11.3. The van der Waals surface area contributed by atoms with E-state index in [4.69, 9.17) is 42.1 Å². The molecule has 1 amide bonds. The molecule has 0 aliphatic rings. The summed E-state index contributed by atoms with van der Waals surface area (Å²) in [5.74, 6) is 0.0112. The molecule has 0 aliphatic carbocycles. The third kappa shape index (κ3) is 7.47. The number of halogens is 2. The minimum atomic E-state index is -1.48. The van der Waals surface area contributed by atoms with Gasteiger partial charge in [0.25, 0.3) is 5.91 Å². The number of hydrogen-bond acceptors (Lipinski definition) is 8. The van der Waals surface area contributed by atoms with E-state index >= 15 is 0 Å². The average molecular weight is 526 g/mol. The highest BCUT2D eigenvalue weighted by Crippen LogP contribution is 2.42. The Morgan fingerprint density at radius 1 is 0.857 bits per heavy atom.